The number of ether oxygens (including phenoxy) is 1. The molecule has 3 rings (SSSR count). The molecule has 0 aliphatic heterocycles. The summed E-state index contributed by atoms with van der Waals surface area (Å²) in [5.41, 5.74) is 0.939. The molecule has 3 aliphatic carbocycles. The van der Waals surface area contributed by atoms with E-state index in [1.54, 1.807) is 0 Å². The molecule has 0 spiro atoms. The number of allylic oxidation sites excluding steroid dienone is 1. The lowest BCUT2D eigenvalue weighted by atomic mass is 9.78. The number of hydrogen-bond acceptors (Lipinski definition) is 4. The van der Waals surface area contributed by atoms with Gasteiger partial charge in [-0.2, -0.15) is 0 Å². The van der Waals surface area contributed by atoms with Gasteiger partial charge in [0.2, 0.25) is 0 Å². The molecule has 3 fully saturated rings. The number of ketones is 1. The maximum absolute atomic E-state index is 12.1. The second-order valence-electron chi connectivity index (χ2n) is 6.07. The fourth-order valence-corrected chi connectivity index (χ4v) is 4.69. The number of carbonyl (C=O) groups is 3. The molecule has 0 aromatic heterocycles. The van der Waals surface area contributed by atoms with Crippen LogP contribution in [0.3, 0.4) is 0 Å². The topological polar surface area (TPSA) is 60.4 Å². The van der Waals surface area contributed by atoms with Crippen LogP contribution in [0.25, 0.3) is 0 Å². The van der Waals surface area contributed by atoms with Crippen molar-refractivity contribution >= 4 is 18.0 Å². The largest absolute Gasteiger partial charge is 0.469 e. The van der Waals surface area contributed by atoms with Crippen molar-refractivity contribution in [2.24, 2.45) is 35.5 Å². The van der Waals surface area contributed by atoms with E-state index in [9.17, 15) is 14.4 Å². The van der Waals surface area contributed by atoms with Gasteiger partial charge in [0.1, 0.15) is 12.1 Å². The fraction of sp³-hybridized carbons (Fsp3) is 0.667. The summed E-state index contributed by atoms with van der Waals surface area (Å²) in [6.07, 6.45) is 2.64. The van der Waals surface area contributed by atoms with Crippen molar-refractivity contribution < 1.29 is 19.1 Å². The minimum absolute atomic E-state index is 0.0262. The Hall–Kier alpha value is -1.45. The molecule has 4 heteroatoms. The van der Waals surface area contributed by atoms with Gasteiger partial charge in [-0.25, -0.2) is 0 Å². The van der Waals surface area contributed by atoms with Gasteiger partial charge in [0, 0.05) is 18.3 Å². The summed E-state index contributed by atoms with van der Waals surface area (Å²) in [4.78, 5) is 35.4. The number of Topliss-reactive ketones (excluding diaryl/α,β-unsaturated/α-hetero) is 1. The molecule has 0 saturated heterocycles. The number of fused-ring (bicyclic) bond motifs is 5. The Balaban J connectivity index is 2.00. The molecule has 2 bridgehead atoms. The van der Waals surface area contributed by atoms with Crippen molar-refractivity contribution in [2.45, 2.75) is 19.3 Å². The zero-order valence-corrected chi connectivity index (χ0v) is 11.0. The quantitative estimate of drug-likeness (QED) is 0.428. The number of esters is 1. The van der Waals surface area contributed by atoms with Crippen molar-refractivity contribution in [2.75, 3.05) is 7.11 Å². The highest BCUT2D eigenvalue weighted by molar-refractivity contribution is 5.87. The molecule has 0 N–H and O–H groups in total. The summed E-state index contributed by atoms with van der Waals surface area (Å²) in [5, 5.41) is 0. The van der Waals surface area contributed by atoms with E-state index in [1.807, 2.05) is 0 Å². The molecule has 0 radical (unpaired) electrons. The molecular formula is C15H18O4. The van der Waals surface area contributed by atoms with Crippen molar-refractivity contribution in [3.63, 3.8) is 0 Å². The number of methoxy groups -OCH3 is 1. The molecule has 3 aliphatic rings. The highest BCUT2D eigenvalue weighted by Crippen LogP contribution is 2.60. The van der Waals surface area contributed by atoms with E-state index in [4.69, 9.17) is 4.74 Å². The van der Waals surface area contributed by atoms with Gasteiger partial charge < -0.3 is 9.53 Å². The Bertz CT molecular complexity index is 467. The van der Waals surface area contributed by atoms with Crippen LogP contribution >= 0.6 is 0 Å². The molecule has 4 nitrogen and oxygen atoms in total. The van der Waals surface area contributed by atoms with Gasteiger partial charge in [-0.1, -0.05) is 12.2 Å². The molecule has 0 heterocycles. The molecular weight excluding hydrogens is 244 g/mol. The van der Waals surface area contributed by atoms with E-state index in [0.29, 0.717) is 12.8 Å². The van der Waals surface area contributed by atoms with E-state index >= 15 is 0 Å². The fourth-order valence-electron chi connectivity index (χ4n) is 4.69. The van der Waals surface area contributed by atoms with Crippen molar-refractivity contribution in [1.29, 1.82) is 0 Å². The van der Waals surface area contributed by atoms with Gasteiger partial charge >= 0.3 is 5.97 Å². The molecule has 0 aromatic carbocycles. The number of hydrogen-bond donors (Lipinski definition) is 0. The lowest BCUT2D eigenvalue weighted by Crippen LogP contribution is -2.26. The summed E-state index contributed by atoms with van der Waals surface area (Å²) in [5.74, 6) is -0.211. The van der Waals surface area contributed by atoms with Crippen molar-refractivity contribution in [3.8, 4) is 0 Å². The monoisotopic (exact) mass is 262 g/mol. The maximum atomic E-state index is 12.1. The third kappa shape index (κ3) is 1.62. The summed E-state index contributed by atoms with van der Waals surface area (Å²) < 4.78 is 4.88. The minimum atomic E-state index is -0.247. The predicted molar refractivity (Wildman–Crippen MR) is 67.0 cm³/mol. The first-order valence-electron chi connectivity index (χ1n) is 6.82. The van der Waals surface area contributed by atoms with E-state index in [2.05, 4.69) is 6.58 Å². The van der Waals surface area contributed by atoms with Crippen LogP contribution in [0.1, 0.15) is 19.3 Å². The highest BCUT2D eigenvalue weighted by Gasteiger charge is 2.60. The van der Waals surface area contributed by atoms with Crippen LogP contribution in [0.4, 0.5) is 0 Å². The van der Waals surface area contributed by atoms with E-state index in [0.717, 1.165) is 18.3 Å². The number of carbonyl (C=O) groups excluding carboxylic acids is 3. The third-order valence-corrected chi connectivity index (χ3v) is 5.38. The zero-order valence-electron chi connectivity index (χ0n) is 11.0. The summed E-state index contributed by atoms with van der Waals surface area (Å²) >= 11 is 0. The van der Waals surface area contributed by atoms with Crippen LogP contribution in [0.2, 0.25) is 0 Å². The van der Waals surface area contributed by atoms with E-state index in [1.165, 1.54) is 7.11 Å². The molecule has 0 amide bonds. The second-order valence-corrected chi connectivity index (χ2v) is 6.07. The second kappa shape index (κ2) is 4.29. The van der Waals surface area contributed by atoms with Crippen LogP contribution in [0.15, 0.2) is 12.2 Å². The van der Waals surface area contributed by atoms with Crippen molar-refractivity contribution in [1.82, 2.24) is 0 Å². The Morgan fingerprint density at radius 2 is 2.05 bits per heavy atom. The summed E-state index contributed by atoms with van der Waals surface area (Å²) in [6, 6.07) is 0. The molecule has 102 valence electrons. The Morgan fingerprint density at radius 3 is 2.68 bits per heavy atom. The highest BCUT2D eigenvalue weighted by atomic mass is 16.5. The van der Waals surface area contributed by atoms with Gasteiger partial charge in [-0.3, -0.25) is 9.59 Å². The Morgan fingerprint density at radius 1 is 1.32 bits per heavy atom. The summed E-state index contributed by atoms with van der Waals surface area (Å²) in [7, 11) is 1.38. The average molecular weight is 262 g/mol. The van der Waals surface area contributed by atoms with Gasteiger partial charge in [0.15, 0.2) is 0 Å². The lowest BCUT2D eigenvalue weighted by molar-refractivity contribution is -0.147. The first-order valence-corrected chi connectivity index (χ1v) is 6.82. The number of rotatable bonds is 2. The van der Waals surface area contributed by atoms with Crippen LogP contribution in [-0.4, -0.2) is 25.1 Å². The van der Waals surface area contributed by atoms with Crippen molar-refractivity contribution in [3.05, 3.63) is 12.2 Å². The normalized spacial score (nSPS) is 44.1. The Kier molecular flexibility index (Phi) is 2.84. The standard InChI is InChI=1S/C15H18O4/c1-7-3-12(17)10-5-9(7)14-11(15(18)19-2)4-8(6-16)13(10)14/h6,8-11,13-14H,1,3-5H2,2H3. The smallest absolute Gasteiger partial charge is 0.308 e. The SMILES string of the molecule is C=C1CC(=O)C2CC1C1C(C(=O)OC)CC(C=O)C21. The zero-order chi connectivity index (χ0) is 13.7. The number of aldehydes is 1. The predicted octanol–water partition coefficient (Wildman–Crippen LogP) is 1.39. The lowest BCUT2D eigenvalue weighted by Gasteiger charge is -2.26. The molecule has 19 heavy (non-hydrogen) atoms. The molecule has 0 aromatic rings. The van der Waals surface area contributed by atoms with Crippen LogP contribution in [0, 0.1) is 35.5 Å². The van der Waals surface area contributed by atoms with Gasteiger partial charge in [-0.05, 0) is 30.6 Å². The summed E-state index contributed by atoms with van der Waals surface area (Å²) in [6.45, 7) is 4.01. The Labute approximate surface area is 112 Å². The minimum Gasteiger partial charge on any atom is -0.469 e. The van der Waals surface area contributed by atoms with Crippen LogP contribution < -0.4 is 0 Å². The molecule has 6 unspecified atom stereocenters. The third-order valence-electron chi connectivity index (χ3n) is 5.38. The van der Waals surface area contributed by atoms with Gasteiger partial charge in [0.05, 0.1) is 13.0 Å². The molecule has 3 saturated carbocycles. The van der Waals surface area contributed by atoms with E-state index < -0.39 is 0 Å². The average Bonchev–Trinajstić information content (AvgIpc) is 2.92. The first-order chi connectivity index (χ1) is 9.08. The maximum Gasteiger partial charge on any atom is 0.308 e. The van der Waals surface area contributed by atoms with Gasteiger partial charge in [-0.15, -0.1) is 0 Å². The first kappa shape index (κ1) is 12.6. The van der Waals surface area contributed by atoms with E-state index in [-0.39, 0.29) is 47.3 Å². The molecule has 6 atom stereocenters. The van der Waals surface area contributed by atoms with Crippen LogP contribution in [-0.2, 0) is 19.1 Å². The van der Waals surface area contributed by atoms with Gasteiger partial charge in [0.25, 0.3) is 0 Å². The van der Waals surface area contributed by atoms with Crippen LogP contribution in [0.5, 0.6) is 0 Å².